The molecule has 1 saturated carbocycles. The van der Waals surface area contributed by atoms with Gasteiger partial charge in [0.15, 0.2) is 5.82 Å². The highest BCUT2D eigenvalue weighted by Crippen LogP contribution is 2.52. The molecule has 228 valence electrons. The molecular weight excluding hydrogens is 569 g/mol. The number of benzene rings is 1. The first kappa shape index (κ1) is 27.7. The normalized spacial score (nSPS) is 22.1. The molecule has 1 spiro atoms. The highest BCUT2D eigenvalue weighted by atomic mass is 19.1. The maximum Gasteiger partial charge on any atom is 0.158 e. The average molecular weight is 604 g/mol. The Hall–Kier alpha value is -4.83. The van der Waals surface area contributed by atoms with Crippen LogP contribution in [0.25, 0.3) is 11.1 Å². The van der Waals surface area contributed by atoms with Gasteiger partial charge in [-0.3, -0.25) is 15.0 Å². The van der Waals surface area contributed by atoms with Crippen molar-refractivity contribution in [2.45, 2.75) is 56.7 Å². The molecule has 3 aliphatic heterocycles. The Morgan fingerprint density at radius 2 is 1.84 bits per heavy atom. The van der Waals surface area contributed by atoms with Crippen LogP contribution in [0.15, 0.2) is 82.2 Å². The number of imidazole rings is 1. The van der Waals surface area contributed by atoms with E-state index < -0.39 is 5.82 Å². The zero-order valence-electron chi connectivity index (χ0n) is 25.0. The summed E-state index contributed by atoms with van der Waals surface area (Å²) < 4.78 is 20.6. The van der Waals surface area contributed by atoms with Crippen LogP contribution in [-0.4, -0.2) is 62.3 Å². The number of hydrogen-bond donors (Lipinski definition) is 4. The predicted molar refractivity (Wildman–Crippen MR) is 172 cm³/mol. The molecule has 2 aliphatic carbocycles. The fourth-order valence-electron chi connectivity index (χ4n) is 6.73. The summed E-state index contributed by atoms with van der Waals surface area (Å²) in [5, 5.41) is 13.5. The van der Waals surface area contributed by atoms with Gasteiger partial charge in [-0.15, -0.1) is 0 Å². The predicted octanol–water partition coefficient (Wildman–Crippen LogP) is 4.80. The summed E-state index contributed by atoms with van der Waals surface area (Å²) in [5.41, 5.74) is 14.0. The molecule has 2 fully saturated rings. The third-order valence-corrected chi connectivity index (χ3v) is 9.16. The van der Waals surface area contributed by atoms with E-state index in [9.17, 15) is 9.50 Å². The molecule has 45 heavy (non-hydrogen) atoms. The van der Waals surface area contributed by atoms with Gasteiger partial charge < -0.3 is 25.9 Å². The molecule has 2 aromatic heterocycles. The Morgan fingerprint density at radius 3 is 2.64 bits per heavy atom. The third-order valence-electron chi connectivity index (χ3n) is 9.16. The summed E-state index contributed by atoms with van der Waals surface area (Å²) in [6, 6.07) is 5.90. The van der Waals surface area contributed by atoms with Crippen molar-refractivity contribution < 1.29 is 14.2 Å². The molecule has 0 radical (unpaired) electrons. The van der Waals surface area contributed by atoms with Crippen LogP contribution in [0.3, 0.4) is 0 Å². The minimum absolute atomic E-state index is 0.154. The number of phenols is 1. The number of aromatic amines is 1. The minimum Gasteiger partial charge on any atom is -0.508 e. The van der Waals surface area contributed by atoms with Crippen molar-refractivity contribution in [3.05, 3.63) is 106 Å². The molecule has 8 rings (SSSR count). The summed E-state index contributed by atoms with van der Waals surface area (Å²) in [4.78, 5) is 23.5. The van der Waals surface area contributed by atoms with E-state index in [4.69, 9.17) is 25.4 Å². The smallest absolute Gasteiger partial charge is 0.158 e. The van der Waals surface area contributed by atoms with Crippen molar-refractivity contribution in [2.75, 3.05) is 13.1 Å². The van der Waals surface area contributed by atoms with Gasteiger partial charge in [0.05, 0.1) is 29.2 Å². The van der Waals surface area contributed by atoms with Crippen molar-refractivity contribution in [2.24, 2.45) is 15.7 Å². The van der Waals surface area contributed by atoms with Gasteiger partial charge in [0.25, 0.3) is 0 Å². The fraction of sp³-hybridized carbons (Fsp3) is 0.314. The number of aromatic nitrogens is 3. The molecule has 1 aromatic carbocycles. The Kier molecular flexibility index (Phi) is 6.56. The van der Waals surface area contributed by atoms with Gasteiger partial charge >= 0.3 is 0 Å². The molecule has 3 aromatic rings. The number of nitrogens with one attached hydrogen (secondary N) is 2. The Morgan fingerprint density at radius 1 is 1.00 bits per heavy atom. The van der Waals surface area contributed by atoms with Crippen LogP contribution in [0.1, 0.15) is 60.9 Å². The van der Waals surface area contributed by atoms with Gasteiger partial charge in [-0.2, -0.15) is 0 Å². The molecule has 5 N–H and O–H groups in total. The topological polar surface area (TPSA) is 134 Å². The molecule has 10 heteroatoms. The van der Waals surface area contributed by atoms with Crippen LogP contribution in [0.4, 0.5) is 4.39 Å². The van der Waals surface area contributed by atoms with Crippen molar-refractivity contribution >= 4 is 22.6 Å². The van der Waals surface area contributed by atoms with Gasteiger partial charge in [0.2, 0.25) is 0 Å². The van der Waals surface area contributed by atoms with Crippen molar-refractivity contribution in [3.8, 4) is 11.5 Å². The number of allylic oxidation sites excluding steroid dienone is 5. The fourth-order valence-corrected chi connectivity index (χ4v) is 6.73. The van der Waals surface area contributed by atoms with Crippen molar-refractivity contribution in [3.63, 3.8) is 0 Å². The number of ether oxygens (including phenoxy) is 1. The number of fused-ring (bicyclic) bond motifs is 3. The van der Waals surface area contributed by atoms with E-state index in [0.717, 1.165) is 84.4 Å². The minimum atomic E-state index is -0.529. The Labute approximate surface area is 260 Å². The highest BCUT2D eigenvalue weighted by molar-refractivity contribution is 6.55. The van der Waals surface area contributed by atoms with Crippen LogP contribution >= 0.6 is 0 Å². The number of nitrogens with zero attached hydrogens (tertiary/aromatic N) is 4. The van der Waals surface area contributed by atoms with Gasteiger partial charge in [-0.25, -0.2) is 9.37 Å². The van der Waals surface area contributed by atoms with Crippen molar-refractivity contribution in [1.29, 1.82) is 0 Å². The quantitative estimate of drug-likeness (QED) is 0.331. The molecule has 9 nitrogen and oxygen atoms in total. The average Bonchev–Trinajstić information content (AvgIpc) is 3.67. The van der Waals surface area contributed by atoms with Gasteiger partial charge in [-0.05, 0) is 81.1 Å². The van der Waals surface area contributed by atoms with Crippen molar-refractivity contribution in [1.82, 2.24) is 20.3 Å². The summed E-state index contributed by atoms with van der Waals surface area (Å²) in [5.74, 6) is 0.695. The first-order valence-electron chi connectivity index (χ1n) is 15.5. The first-order chi connectivity index (χ1) is 21.8. The molecule has 5 aliphatic rings. The number of H-pyrrole nitrogens is 1. The van der Waals surface area contributed by atoms with E-state index in [0.29, 0.717) is 34.8 Å². The van der Waals surface area contributed by atoms with Gasteiger partial charge in [-0.1, -0.05) is 18.2 Å². The molecule has 1 saturated heterocycles. The van der Waals surface area contributed by atoms with Crippen LogP contribution < -0.4 is 15.8 Å². The number of aromatic hydroxyl groups is 1. The number of aliphatic imine (C=N–C) groups is 2. The van der Waals surface area contributed by atoms with E-state index in [1.807, 2.05) is 12.3 Å². The number of phenolic OH excluding ortho intramolecular Hbond substituents is 1. The van der Waals surface area contributed by atoms with E-state index in [1.165, 1.54) is 12.1 Å². The number of nitrogens with two attached hydrogens (primary N) is 1. The maximum absolute atomic E-state index is 14.3. The van der Waals surface area contributed by atoms with E-state index in [2.05, 4.69) is 40.4 Å². The summed E-state index contributed by atoms with van der Waals surface area (Å²) in [7, 11) is 0. The highest BCUT2D eigenvalue weighted by Gasteiger charge is 2.54. The van der Waals surface area contributed by atoms with Crippen LogP contribution in [0, 0.1) is 5.82 Å². The first-order valence-corrected chi connectivity index (χ1v) is 15.5. The van der Waals surface area contributed by atoms with Crippen LogP contribution in [-0.2, 0) is 6.42 Å². The second-order valence-electron chi connectivity index (χ2n) is 12.4. The summed E-state index contributed by atoms with van der Waals surface area (Å²) >= 11 is 0. The molecule has 1 atom stereocenters. The maximum atomic E-state index is 14.3. The Balaban J connectivity index is 1.14. The van der Waals surface area contributed by atoms with E-state index in [1.54, 1.807) is 12.3 Å². The van der Waals surface area contributed by atoms with Crippen LogP contribution in [0.5, 0.6) is 11.5 Å². The lowest BCUT2D eigenvalue weighted by atomic mass is 10.00. The zero-order chi connectivity index (χ0) is 30.7. The lowest BCUT2D eigenvalue weighted by molar-refractivity contribution is 0.162. The number of halogens is 1. The standard InChI is InChI=1S/C35H34FN7O2/c1-19-27(21-14-26(18-39-17-21)45-25-6-10-38-11-7-25)4-5-29-32(40-19)33(43-35(29)8-9-35)34-41-30-16-23(37)2-3-28(31(30)42-34)20-12-22(36)15-24(44)13-20/h2-5,12-15,17-19,25,38,44H,6-11,16,37H2,1H3,(H,41,42)/t19-/m0/s1. The summed E-state index contributed by atoms with van der Waals surface area (Å²) in [6.45, 7) is 4.02. The second kappa shape index (κ2) is 10.7. The van der Waals surface area contributed by atoms with E-state index >= 15 is 0 Å². The largest absolute Gasteiger partial charge is 0.508 e. The lowest BCUT2D eigenvalue weighted by Crippen LogP contribution is -2.34. The SMILES string of the molecule is C[C@@H]1N=C2C(=CC=C1c1cncc(OC3CCNCC3)c1)C1(CC1)N=C2c1nc2c([nH]1)CC(N)=CC=C2c1cc(O)cc(F)c1. The second-order valence-corrected chi connectivity index (χ2v) is 12.4. The molecule has 0 unspecified atom stereocenters. The van der Waals surface area contributed by atoms with Gasteiger partial charge in [0.1, 0.15) is 29.1 Å². The summed E-state index contributed by atoms with van der Waals surface area (Å²) in [6.07, 6.45) is 16.1. The number of rotatable bonds is 5. The van der Waals surface area contributed by atoms with Crippen LogP contribution in [0.2, 0.25) is 0 Å². The zero-order valence-corrected chi connectivity index (χ0v) is 25.0. The number of hydrogen-bond acceptors (Lipinski definition) is 8. The molecular formula is C35H34FN7O2. The van der Waals surface area contributed by atoms with Gasteiger partial charge in [0, 0.05) is 46.8 Å². The monoisotopic (exact) mass is 603 g/mol. The molecule has 0 bridgehead atoms. The third kappa shape index (κ3) is 5.08. The number of pyridine rings is 1. The van der Waals surface area contributed by atoms with E-state index in [-0.39, 0.29) is 23.4 Å². The molecule has 0 amide bonds. The number of piperidine rings is 1. The molecule has 5 heterocycles. The lowest BCUT2D eigenvalue weighted by Gasteiger charge is -2.24. The Bertz CT molecular complexity index is 1880.